The summed E-state index contributed by atoms with van der Waals surface area (Å²) in [7, 11) is 1.53. The minimum absolute atomic E-state index is 0.0391. The number of rotatable bonds is 5. The van der Waals surface area contributed by atoms with Crippen LogP contribution in [0.3, 0.4) is 0 Å². The lowest BCUT2D eigenvalue weighted by Crippen LogP contribution is -2.45. The number of carboxylic acids is 1. The smallest absolute Gasteiger partial charge is 0.340 e. The van der Waals surface area contributed by atoms with Gasteiger partial charge in [-0.25, -0.2) is 4.79 Å². The molecule has 19 heavy (non-hydrogen) atoms. The Morgan fingerprint density at radius 2 is 2.11 bits per heavy atom. The Labute approximate surface area is 116 Å². The maximum absolute atomic E-state index is 12.2. The van der Waals surface area contributed by atoms with Crippen LogP contribution in [0.4, 0.5) is 5.00 Å². The van der Waals surface area contributed by atoms with E-state index in [2.05, 4.69) is 4.37 Å². The van der Waals surface area contributed by atoms with Crippen molar-refractivity contribution >= 4 is 28.4 Å². The van der Waals surface area contributed by atoms with Crippen LogP contribution >= 0.6 is 11.5 Å². The Hall–Kier alpha value is -1.47. The Balaban J connectivity index is 3.04. The molecular formula is C12H19N3O3S. The van der Waals surface area contributed by atoms with Gasteiger partial charge in [0.05, 0.1) is 11.7 Å². The second kappa shape index (κ2) is 6.12. The van der Waals surface area contributed by atoms with Gasteiger partial charge in [-0.3, -0.25) is 4.79 Å². The fourth-order valence-electron chi connectivity index (χ4n) is 1.65. The highest BCUT2D eigenvalue weighted by Gasteiger charge is 2.28. The van der Waals surface area contributed by atoms with Gasteiger partial charge in [0.1, 0.15) is 10.6 Å². The van der Waals surface area contributed by atoms with Crippen LogP contribution in [-0.2, 0) is 4.79 Å². The van der Waals surface area contributed by atoms with Gasteiger partial charge in [0.15, 0.2) is 0 Å². The molecule has 1 amide bonds. The van der Waals surface area contributed by atoms with Crippen molar-refractivity contribution < 1.29 is 14.7 Å². The summed E-state index contributed by atoms with van der Waals surface area (Å²) in [6, 6.07) is -0.640. The summed E-state index contributed by atoms with van der Waals surface area (Å²) in [5.74, 6) is -1.34. The average molecular weight is 285 g/mol. The maximum Gasteiger partial charge on any atom is 0.340 e. The second-order valence-corrected chi connectivity index (χ2v) is 5.31. The van der Waals surface area contributed by atoms with Crippen LogP contribution in [0.1, 0.15) is 36.3 Å². The highest BCUT2D eigenvalue weighted by molar-refractivity contribution is 7.11. The molecule has 6 nitrogen and oxygen atoms in total. The number of nitrogens with two attached hydrogens (primary N) is 1. The van der Waals surface area contributed by atoms with Gasteiger partial charge in [0.25, 0.3) is 0 Å². The van der Waals surface area contributed by atoms with Gasteiger partial charge in [-0.1, -0.05) is 20.3 Å². The lowest BCUT2D eigenvalue weighted by atomic mass is 9.99. The van der Waals surface area contributed by atoms with Crippen molar-refractivity contribution in [2.75, 3.05) is 11.9 Å². The van der Waals surface area contributed by atoms with Crippen molar-refractivity contribution in [2.24, 2.45) is 11.7 Å². The zero-order valence-corrected chi connectivity index (χ0v) is 12.3. The minimum Gasteiger partial charge on any atom is -0.478 e. The molecule has 0 aliphatic carbocycles. The van der Waals surface area contributed by atoms with Crippen molar-refractivity contribution in [3.8, 4) is 0 Å². The number of hydrogen-bond acceptors (Lipinski definition) is 5. The molecule has 0 spiro atoms. The fraction of sp³-hybridized carbons (Fsp3) is 0.583. The van der Waals surface area contributed by atoms with Crippen molar-refractivity contribution in [2.45, 2.75) is 33.2 Å². The molecule has 1 heterocycles. The van der Waals surface area contributed by atoms with E-state index in [1.807, 2.05) is 13.8 Å². The van der Waals surface area contributed by atoms with E-state index in [-0.39, 0.29) is 17.4 Å². The molecule has 2 atom stereocenters. The molecular weight excluding hydrogens is 266 g/mol. The third-order valence-electron chi connectivity index (χ3n) is 3.24. The largest absolute Gasteiger partial charge is 0.478 e. The zero-order chi connectivity index (χ0) is 14.7. The summed E-state index contributed by atoms with van der Waals surface area (Å²) in [5, 5.41) is 9.49. The molecule has 0 aliphatic rings. The van der Waals surface area contributed by atoms with Gasteiger partial charge >= 0.3 is 5.97 Å². The molecule has 0 aliphatic heterocycles. The average Bonchev–Trinajstić information content (AvgIpc) is 2.77. The second-order valence-electron chi connectivity index (χ2n) is 4.56. The summed E-state index contributed by atoms with van der Waals surface area (Å²) in [5.41, 5.74) is 6.36. The Kier molecular flexibility index (Phi) is 5.02. The highest BCUT2D eigenvalue weighted by atomic mass is 32.1. The molecule has 1 rings (SSSR count). The molecule has 0 bridgehead atoms. The highest BCUT2D eigenvalue weighted by Crippen LogP contribution is 2.28. The van der Waals surface area contributed by atoms with E-state index in [0.29, 0.717) is 10.7 Å². The Bertz CT molecular complexity index is 487. The third kappa shape index (κ3) is 3.10. The van der Waals surface area contributed by atoms with Gasteiger partial charge in [0.2, 0.25) is 5.91 Å². The number of nitrogens with zero attached hydrogens (tertiary/aromatic N) is 2. The summed E-state index contributed by atoms with van der Waals surface area (Å²) < 4.78 is 3.99. The summed E-state index contributed by atoms with van der Waals surface area (Å²) in [6.07, 6.45) is 0.786. The van der Waals surface area contributed by atoms with Crippen LogP contribution < -0.4 is 10.6 Å². The molecule has 1 aromatic rings. The van der Waals surface area contributed by atoms with E-state index in [1.165, 1.54) is 11.9 Å². The number of likely N-dealkylation sites (N-methyl/N-ethyl adjacent to an activating group) is 1. The van der Waals surface area contributed by atoms with Crippen molar-refractivity contribution in [3.63, 3.8) is 0 Å². The number of carbonyl (C=O) groups excluding carboxylic acids is 1. The molecule has 0 aromatic carbocycles. The topological polar surface area (TPSA) is 96.5 Å². The van der Waals surface area contributed by atoms with Crippen LogP contribution in [0.2, 0.25) is 0 Å². The van der Waals surface area contributed by atoms with E-state index >= 15 is 0 Å². The number of aromatic nitrogens is 1. The lowest BCUT2D eigenvalue weighted by Gasteiger charge is -2.23. The number of carbonyl (C=O) groups is 2. The SMILES string of the molecule is CCC(C)[C@H](N)C(=O)N(C)c1snc(C)c1C(=O)O. The monoisotopic (exact) mass is 285 g/mol. The minimum atomic E-state index is -1.09. The summed E-state index contributed by atoms with van der Waals surface area (Å²) >= 11 is 0.996. The first-order chi connectivity index (χ1) is 8.81. The lowest BCUT2D eigenvalue weighted by molar-refractivity contribution is -0.120. The quantitative estimate of drug-likeness (QED) is 0.854. The predicted molar refractivity (Wildman–Crippen MR) is 74.7 cm³/mol. The number of aryl methyl sites for hydroxylation is 1. The zero-order valence-electron chi connectivity index (χ0n) is 11.5. The molecule has 0 saturated heterocycles. The third-order valence-corrected chi connectivity index (χ3v) is 4.25. The van der Waals surface area contributed by atoms with Gasteiger partial charge in [-0.2, -0.15) is 4.37 Å². The first-order valence-electron chi connectivity index (χ1n) is 6.03. The van der Waals surface area contributed by atoms with Crippen LogP contribution in [0.5, 0.6) is 0 Å². The maximum atomic E-state index is 12.2. The fourth-order valence-corrected chi connectivity index (χ4v) is 2.51. The summed E-state index contributed by atoms with van der Waals surface area (Å²) in [6.45, 7) is 5.46. The van der Waals surface area contributed by atoms with Crippen molar-refractivity contribution in [3.05, 3.63) is 11.3 Å². The van der Waals surface area contributed by atoms with Crippen LogP contribution in [-0.4, -0.2) is 34.4 Å². The molecule has 3 N–H and O–H groups in total. The van der Waals surface area contributed by atoms with Gasteiger partial charge in [0, 0.05) is 7.05 Å². The first-order valence-corrected chi connectivity index (χ1v) is 6.81. The number of carboxylic acid groups (broad SMARTS) is 1. The van der Waals surface area contributed by atoms with E-state index in [4.69, 9.17) is 10.8 Å². The molecule has 0 radical (unpaired) electrons. The van der Waals surface area contributed by atoms with Gasteiger partial charge < -0.3 is 15.7 Å². The Morgan fingerprint density at radius 1 is 1.53 bits per heavy atom. The van der Waals surface area contributed by atoms with E-state index in [0.717, 1.165) is 18.0 Å². The molecule has 1 unspecified atom stereocenters. The molecule has 7 heteroatoms. The van der Waals surface area contributed by atoms with E-state index in [1.54, 1.807) is 6.92 Å². The number of hydrogen-bond donors (Lipinski definition) is 2. The predicted octanol–water partition coefficient (Wildman–Crippen LogP) is 1.49. The van der Waals surface area contributed by atoms with Crippen molar-refractivity contribution in [1.29, 1.82) is 0 Å². The molecule has 0 fully saturated rings. The van der Waals surface area contributed by atoms with Gasteiger partial charge in [-0.15, -0.1) is 0 Å². The number of aromatic carboxylic acids is 1. The molecule has 1 aromatic heterocycles. The van der Waals surface area contributed by atoms with Gasteiger partial charge in [-0.05, 0) is 24.4 Å². The standard InChI is InChI=1S/C12H19N3O3S/c1-5-6(2)9(13)10(16)15(4)11-8(12(17)18)7(3)14-19-11/h6,9H,5,13H2,1-4H3,(H,17,18)/t6?,9-/m0/s1. The van der Waals surface area contributed by atoms with E-state index in [9.17, 15) is 9.59 Å². The molecule has 106 valence electrons. The first kappa shape index (κ1) is 15.6. The van der Waals surface area contributed by atoms with E-state index < -0.39 is 12.0 Å². The normalized spacial score (nSPS) is 13.9. The Morgan fingerprint density at radius 3 is 2.58 bits per heavy atom. The van der Waals surface area contributed by atoms with Crippen LogP contribution in [0.15, 0.2) is 0 Å². The summed E-state index contributed by atoms with van der Waals surface area (Å²) in [4.78, 5) is 24.7. The number of amides is 1. The molecule has 0 saturated carbocycles. The van der Waals surface area contributed by atoms with Crippen LogP contribution in [0.25, 0.3) is 0 Å². The van der Waals surface area contributed by atoms with Crippen molar-refractivity contribution in [1.82, 2.24) is 4.37 Å². The van der Waals surface area contributed by atoms with Crippen LogP contribution in [0, 0.1) is 12.8 Å². The number of anilines is 1.